The van der Waals surface area contributed by atoms with Gasteiger partial charge in [-0.2, -0.15) is 0 Å². The molecule has 0 aliphatic heterocycles. The average Bonchev–Trinajstić information content (AvgIpc) is 2.41. The van der Waals surface area contributed by atoms with Gasteiger partial charge in [-0.3, -0.25) is 4.79 Å². The van der Waals surface area contributed by atoms with E-state index in [1.807, 2.05) is 0 Å². The molecule has 0 aliphatic carbocycles. The van der Waals surface area contributed by atoms with Gasteiger partial charge in [-0.1, -0.05) is 28.1 Å². The first-order valence-electron chi connectivity index (χ1n) is 5.86. The Morgan fingerprint density at radius 2 is 1.76 bits per heavy atom. The van der Waals surface area contributed by atoms with Gasteiger partial charge in [0.25, 0.3) is 0 Å². The zero-order valence-electron chi connectivity index (χ0n) is 12.4. The summed E-state index contributed by atoms with van der Waals surface area (Å²) >= 11 is 3.30. The van der Waals surface area contributed by atoms with Crippen LogP contribution in [0.4, 0.5) is 5.69 Å². The van der Waals surface area contributed by atoms with E-state index in [4.69, 9.17) is 5.73 Å². The first-order valence-corrected chi connectivity index (χ1v) is 6.66. The summed E-state index contributed by atoms with van der Waals surface area (Å²) < 4.78 is 0.868. The van der Waals surface area contributed by atoms with E-state index >= 15 is 0 Å². The summed E-state index contributed by atoms with van der Waals surface area (Å²) in [6.45, 7) is 0. The Labute approximate surface area is 154 Å². The number of carboxylic acid groups (broad SMARTS) is 1. The van der Waals surface area contributed by atoms with Crippen molar-refractivity contribution in [1.82, 2.24) is 0 Å². The van der Waals surface area contributed by atoms with E-state index in [9.17, 15) is 14.7 Å². The number of carbonyl (C=O) groups is 2. The molecule has 0 spiro atoms. The summed E-state index contributed by atoms with van der Waals surface area (Å²) in [5, 5.41) is 10.7. The number of rotatable bonds is 4. The molecule has 21 heavy (non-hydrogen) atoms. The fourth-order valence-electron chi connectivity index (χ4n) is 1.88. The van der Waals surface area contributed by atoms with Crippen LogP contribution in [0, 0.1) is 0 Å². The molecule has 2 aromatic carbocycles. The number of ketones is 1. The molecule has 2 rings (SSSR count). The first-order chi connectivity index (χ1) is 9.49. The van der Waals surface area contributed by atoms with E-state index in [1.165, 1.54) is 0 Å². The van der Waals surface area contributed by atoms with Gasteiger partial charge in [0.05, 0.1) is 0 Å². The normalized spacial score (nSPS) is 9.76. The van der Waals surface area contributed by atoms with Crippen LogP contribution in [-0.2, 0) is 11.2 Å². The molecule has 0 saturated heterocycles. The number of nitrogens with two attached hydrogens (primary N) is 1. The topological polar surface area (TPSA) is 83.2 Å². The summed E-state index contributed by atoms with van der Waals surface area (Å²) in [4.78, 5) is 23.0. The second-order valence-corrected chi connectivity index (χ2v) is 5.18. The van der Waals surface area contributed by atoms with Crippen LogP contribution < -0.4 is 40.4 Å². The molecular formula is C15H12BrNNaO3-. The van der Waals surface area contributed by atoms with Crippen molar-refractivity contribution in [2.24, 2.45) is 0 Å². The third-order valence-corrected chi connectivity index (χ3v) is 3.41. The number of anilines is 1. The number of hydrogen-bond donors (Lipinski definition) is 1. The number of benzene rings is 2. The van der Waals surface area contributed by atoms with Gasteiger partial charge < -0.3 is 17.1 Å². The van der Waals surface area contributed by atoms with Crippen molar-refractivity contribution in [3.63, 3.8) is 0 Å². The third kappa shape index (κ3) is 4.41. The molecule has 0 unspecified atom stereocenters. The Kier molecular flexibility index (Phi) is 6.61. The molecule has 0 atom stereocenters. The standard InChI is InChI=1S/C15H12BrNO3.Na.H/c16-11-6-4-9(5-7-11)15(20)12-3-1-2-10(14(12)17)8-13(18)19;;/h1-7H,8,17H2,(H,18,19);;/q;+1;-1/p-1. The Balaban J connectivity index is 0.00000220. The van der Waals surface area contributed by atoms with E-state index in [1.54, 1.807) is 42.5 Å². The van der Waals surface area contributed by atoms with Gasteiger partial charge in [-0.25, -0.2) is 0 Å². The van der Waals surface area contributed by atoms with Gasteiger partial charge in [-0.15, -0.1) is 0 Å². The first kappa shape index (κ1) is 17.9. The molecule has 6 heteroatoms. The SMILES string of the molecule is Nc1c(CC(=O)[O-])cccc1C(=O)c1ccc(Br)cc1.[H-].[Na+]. The predicted octanol–water partition coefficient (Wildman–Crippen LogP) is -1.33. The number of hydrogen-bond acceptors (Lipinski definition) is 4. The van der Waals surface area contributed by atoms with Crippen molar-refractivity contribution >= 4 is 33.4 Å². The van der Waals surface area contributed by atoms with Crippen LogP contribution in [0.15, 0.2) is 46.9 Å². The number of para-hydroxylation sites is 1. The van der Waals surface area contributed by atoms with Gasteiger partial charge in [0, 0.05) is 33.7 Å². The minimum absolute atomic E-state index is 0. The molecule has 0 fully saturated rings. The van der Waals surface area contributed by atoms with E-state index in [0.29, 0.717) is 16.7 Å². The van der Waals surface area contributed by atoms with Crippen molar-refractivity contribution in [3.8, 4) is 0 Å². The maximum Gasteiger partial charge on any atom is 1.00 e. The molecule has 104 valence electrons. The van der Waals surface area contributed by atoms with Crippen LogP contribution in [0.3, 0.4) is 0 Å². The van der Waals surface area contributed by atoms with Crippen LogP contribution in [-0.4, -0.2) is 11.8 Å². The van der Waals surface area contributed by atoms with Crippen LogP contribution >= 0.6 is 15.9 Å². The van der Waals surface area contributed by atoms with Gasteiger partial charge >= 0.3 is 29.6 Å². The zero-order valence-corrected chi connectivity index (χ0v) is 15.0. The Morgan fingerprint density at radius 3 is 2.33 bits per heavy atom. The number of carboxylic acids is 1. The number of halogens is 1. The van der Waals surface area contributed by atoms with Gasteiger partial charge in [0.15, 0.2) is 5.78 Å². The van der Waals surface area contributed by atoms with E-state index in [2.05, 4.69) is 15.9 Å². The number of aliphatic carboxylic acids is 1. The maximum atomic E-state index is 12.4. The molecule has 0 aliphatic rings. The smallest absolute Gasteiger partial charge is 1.00 e. The Bertz CT molecular complexity index is 677. The fourth-order valence-corrected chi connectivity index (χ4v) is 2.14. The minimum Gasteiger partial charge on any atom is -1.00 e. The van der Waals surface area contributed by atoms with Gasteiger partial charge in [0.2, 0.25) is 0 Å². The van der Waals surface area contributed by atoms with E-state index in [-0.39, 0.29) is 48.9 Å². The predicted molar refractivity (Wildman–Crippen MR) is 78.3 cm³/mol. The van der Waals surface area contributed by atoms with Crippen molar-refractivity contribution < 1.29 is 45.7 Å². The molecule has 2 aromatic rings. The molecule has 0 radical (unpaired) electrons. The minimum atomic E-state index is -1.23. The number of nitrogen functional groups attached to an aromatic ring is 1. The summed E-state index contributed by atoms with van der Waals surface area (Å²) in [5.41, 5.74) is 7.23. The summed E-state index contributed by atoms with van der Waals surface area (Å²) in [7, 11) is 0. The molecule has 4 nitrogen and oxygen atoms in total. The monoisotopic (exact) mass is 356 g/mol. The molecule has 0 bridgehead atoms. The van der Waals surface area contributed by atoms with Gasteiger partial charge in [-0.05, 0) is 35.9 Å². The van der Waals surface area contributed by atoms with Crippen molar-refractivity contribution in [2.75, 3.05) is 5.73 Å². The van der Waals surface area contributed by atoms with E-state index in [0.717, 1.165) is 4.47 Å². The molecule has 0 amide bonds. The molecular weight excluding hydrogens is 345 g/mol. The molecule has 0 saturated carbocycles. The Hall–Kier alpha value is -1.14. The van der Waals surface area contributed by atoms with Crippen molar-refractivity contribution in [2.45, 2.75) is 6.42 Å². The van der Waals surface area contributed by atoms with Crippen LogP contribution in [0.2, 0.25) is 0 Å². The van der Waals surface area contributed by atoms with Crippen LogP contribution in [0.25, 0.3) is 0 Å². The second kappa shape index (κ2) is 7.75. The van der Waals surface area contributed by atoms with Crippen molar-refractivity contribution in [1.29, 1.82) is 0 Å². The maximum absolute atomic E-state index is 12.4. The van der Waals surface area contributed by atoms with Crippen LogP contribution in [0.1, 0.15) is 22.9 Å². The summed E-state index contributed by atoms with van der Waals surface area (Å²) in [6, 6.07) is 11.6. The van der Waals surface area contributed by atoms with Crippen molar-refractivity contribution in [3.05, 3.63) is 63.6 Å². The largest absolute Gasteiger partial charge is 1.00 e. The van der Waals surface area contributed by atoms with Gasteiger partial charge in [0.1, 0.15) is 0 Å². The van der Waals surface area contributed by atoms with E-state index < -0.39 is 5.97 Å². The fraction of sp³-hybridized carbons (Fsp3) is 0.0667. The summed E-state index contributed by atoms with van der Waals surface area (Å²) in [6.07, 6.45) is -0.312. The third-order valence-electron chi connectivity index (χ3n) is 2.88. The Morgan fingerprint density at radius 1 is 1.14 bits per heavy atom. The zero-order chi connectivity index (χ0) is 14.7. The average molecular weight is 357 g/mol. The summed E-state index contributed by atoms with van der Waals surface area (Å²) in [5.74, 6) is -1.47. The molecule has 0 heterocycles. The number of carbonyl (C=O) groups excluding carboxylic acids is 2. The van der Waals surface area contributed by atoms with Crippen LogP contribution in [0.5, 0.6) is 0 Å². The molecule has 2 N–H and O–H groups in total. The molecule has 0 aromatic heterocycles. The quantitative estimate of drug-likeness (QED) is 0.418. The second-order valence-electron chi connectivity index (χ2n) is 4.26.